The highest BCUT2D eigenvalue weighted by Gasteiger charge is 2.11. The van der Waals surface area contributed by atoms with Crippen LogP contribution in [-0.4, -0.2) is 0 Å². The third kappa shape index (κ3) is 4.00. The van der Waals surface area contributed by atoms with Gasteiger partial charge in [0.1, 0.15) is 11.2 Å². The van der Waals surface area contributed by atoms with Crippen LogP contribution in [0.5, 0.6) is 0 Å². The summed E-state index contributed by atoms with van der Waals surface area (Å²) in [6.45, 7) is 10.1. The van der Waals surface area contributed by atoms with Crippen LogP contribution in [0.15, 0.2) is 114 Å². The van der Waals surface area contributed by atoms with Crippen molar-refractivity contribution < 1.29 is 4.42 Å². The Morgan fingerprint density at radius 3 is 2.41 bits per heavy atom. The van der Waals surface area contributed by atoms with E-state index < -0.39 is 0 Å². The van der Waals surface area contributed by atoms with Gasteiger partial charge in [0.15, 0.2) is 0 Å². The van der Waals surface area contributed by atoms with Gasteiger partial charge in [0.25, 0.3) is 0 Å². The number of benzene rings is 3. The van der Waals surface area contributed by atoms with Crippen LogP contribution >= 0.6 is 0 Å². The van der Waals surface area contributed by atoms with Crippen LogP contribution in [0.4, 0.5) is 0 Å². The fraction of sp³-hybridized carbons (Fsp3) is 0.0714. The summed E-state index contributed by atoms with van der Waals surface area (Å²) in [5.41, 5.74) is 7.41. The molecular weight excluding hydrogens is 352 g/mol. The molecular formula is C28H24O. The first-order chi connectivity index (χ1) is 14.1. The van der Waals surface area contributed by atoms with Crippen molar-refractivity contribution in [1.29, 1.82) is 0 Å². The molecule has 142 valence electrons. The molecule has 0 bridgehead atoms. The van der Waals surface area contributed by atoms with Crippen LogP contribution in [0.3, 0.4) is 0 Å². The third-order valence-corrected chi connectivity index (χ3v) is 5.00. The summed E-state index contributed by atoms with van der Waals surface area (Å²) in [6.07, 6.45) is 8.97. The number of hydrogen-bond donors (Lipinski definition) is 0. The summed E-state index contributed by atoms with van der Waals surface area (Å²) in [6, 6.07) is 23.1. The lowest BCUT2D eigenvalue weighted by Gasteiger charge is -2.06. The van der Waals surface area contributed by atoms with E-state index in [9.17, 15) is 0 Å². The molecule has 1 nitrogen and oxygen atoms in total. The average molecular weight is 376 g/mol. The van der Waals surface area contributed by atoms with Gasteiger partial charge in [-0.15, -0.1) is 0 Å². The SMILES string of the molecule is C=C(C)/C=C\C=C/CC(=C)c1ccc(-c2cccc3c2oc2ccccc23)cc1. The maximum atomic E-state index is 6.17. The van der Waals surface area contributed by atoms with Crippen LogP contribution in [0.25, 0.3) is 38.6 Å². The summed E-state index contributed by atoms with van der Waals surface area (Å²) in [5, 5.41) is 2.31. The molecule has 4 aromatic rings. The van der Waals surface area contributed by atoms with Crippen LogP contribution in [0.2, 0.25) is 0 Å². The normalized spacial score (nSPS) is 11.8. The predicted octanol–water partition coefficient (Wildman–Crippen LogP) is 8.34. The highest BCUT2D eigenvalue weighted by atomic mass is 16.3. The van der Waals surface area contributed by atoms with Crippen molar-refractivity contribution in [2.24, 2.45) is 0 Å². The molecule has 0 aliphatic carbocycles. The maximum absolute atomic E-state index is 6.17. The Hall–Kier alpha value is -3.58. The fourth-order valence-electron chi connectivity index (χ4n) is 3.49. The van der Waals surface area contributed by atoms with E-state index in [-0.39, 0.29) is 0 Å². The van der Waals surface area contributed by atoms with Gasteiger partial charge in [-0.05, 0) is 36.1 Å². The molecule has 0 unspecified atom stereocenters. The largest absolute Gasteiger partial charge is 0.455 e. The molecule has 1 heteroatoms. The van der Waals surface area contributed by atoms with E-state index in [1.54, 1.807) is 0 Å². The predicted molar refractivity (Wildman–Crippen MR) is 126 cm³/mol. The molecule has 1 aromatic heterocycles. The first-order valence-electron chi connectivity index (χ1n) is 9.81. The van der Waals surface area contributed by atoms with Crippen molar-refractivity contribution in [1.82, 2.24) is 0 Å². The molecule has 0 radical (unpaired) electrons. The van der Waals surface area contributed by atoms with Crippen molar-refractivity contribution in [3.8, 4) is 11.1 Å². The Kier molecular flexibility index (Phi) is 5.31. The minimum absolute atomic E-state index is 0.818. The summed E-state index contributed by atoms with van der Waals surface area (Å²) in [5.74, 6) is 0. The second-order valence-electron chi connectivity index (χ2n) is 7.30. The van der Waals surface area contributed by atoms with E-state index in [0.29, 0.717) is 0 Å². The molecule has 0 saturated heterocycles. The Morgan fingerprint density at radius 2 is 1.62 bits per heavy atom. The van der Waals surface area contributed by atoms with Gasteiger partial charge in [-0.3, -0.25) is 0 Å². The summed E-state index contributed by atoms with van der Waals surface area (Å²) in [4.78, 5) is 0. The fourth-order valence-corrected chi connectivity index (χ4v) is 3.49. The lowest BCUT2D eigenvalue weighted by molar-refractivity contribution is 0.670. The molecule has 0 amide bonds. The van der Waals surface area contributed by atoms with E-state index >= 15 is 0 Å². The zero-order chi connectivity index (χ0) is 20.2. The average Bonchev–Trinajstić information content (AvgIpc) is 3.12. The summed E-state index contributed by atoms with van der Waals surface area (Å²) < 4.78 is 6.17. The number of allylic oxidation sites excluding steroid dienone is 6. The van der Waals surface area contributed by atoms with Gasteiger partial charge in [-0.2, -0.15) is 0 Å². The summed E-state index contributed by atoms with van der Waals surface area (Å²) in [7, 11) is 0. The molecule has 29 heavy (non-hydrogen) atoms. The number of furan rings is 1. The van der Waals surface area contributed by atoms with Crippen molar-refractivity contribution >= 4 is 27.5 Å². The van der Waals surface area contributed by atoms with E-state index in [2.05, 4.69) is 67.8 Å². The third-order valence-electron chi connectivity index (χ3n) is 5.00. The molecule has 0 aliphatic rings. The van der Waals surface area contributed by atoms with E-state index in [0.717, 1.165) is 56.2 Å². The van der Waals surface area contributed by atoms with E-state index in [1.807, 2.05) is 43.4 Å². The number of fused-ring (bicyclic) bond motifs is 3. The first-order valence-corrected chi connectivity index (χ1v) is 9.81. The minimum atomic E-state index is 0.818. The van der Waals surface area contributed by atoms with Gasteiger partial charge in [-0.25, -0.2) is 0 Å². The van der Waals surface area contributed by atoms with Crippen molar-refractivity contribution in [2.75, 3.05) is 0 Å². The molecule has 0 spiro atoms. The molecule has 0 atom stereocenters. The monoisotopic (exact) mass is 376 g/mol. The smallest absolute Gasteiger partial charge is 0.143 e. The van der Waals surface area contributed by atoms with E-state index in [4.69, 9.17) is 4.42 Å². The molecule has 0 fully saturated rings. The standard InChI is InChI=1S/C28H24O/c1-20(2)10-5-4-6-11-21(3)22-16-18-23(19-17-22)24-13-9-14-26-25-12-7-8-15-27(25)29-28(24)26/h4-10,12-19H,1,3,11H2,2H3/b6-4-,10-5-. The number of para-hydroxylation sites is 2. The maximum Gasteiger partial charge on any atom is 0.143 e. The molecule has 3 aromatic carbocycles. The lowest BCUT2D eigenvalue weighted by Crippen LogP contribution is -1.84. The van der Waals surface area contributed by atoms with Crippen LogP contribution in [0.1, 0.15) is 18.9 Å². The number of hydrogen-bond acceptors (Lipinski definition) is 1. The lowest BCUT2D eigenvalue weighted by atomic mass is 9.98. The van der Waals surface area contributed by atoms with Crippen LogP contribution in [-0.2, 0) is 0 Å². The number of rotatable bonds is 6. The second-order valence-corrected chi connectivity index (χ2v) is 7.30. The Bertz CT molecular complexity index is 1250. The van der Waals surface area contributed by atoms with Gasteiger partial charge >= 0.3 is 0 Å². The molecule has 0 N–H and O–H groups in total. The second kappa shape index (κ2) is 8.20. The van der Waals surface area contributed by atoms with Gasteiger partial charge in [0.2, 0.25) is 0 Å². The highest BCUT2D eigenvalue weighted by molar-refractivity contribution is 6.09. The molecule has 0 saturated carbocycles. The molecule has 0 aliphatic heterocycles. The van der Waals surface area contributed by atoms with Crippen LogP contribution in [0, 0.1) is 0 Å². The Labute approximate surface area is 172 Å². The van der Waals surface area contributed by atoms with Crippen molar-refractivity contribution in [3.63, 3.8) is 0 Å². The van der Waals surface area contributed by atoms with Crippen molar-refractivity contribution in [2.45, 2.75) is 13.3 Å². The minimum Gasteiger partial charge on any atom is -0.455 e. The zero-order valence-electron chi connectivity index (χ0n) is 16.7. The summed E-state index contributed by atoms with van der Waals surface area (Å²) >= 11 is 0. The van der Waals surface area contributed by atoms with Gasteiger partial charge in [0.05, 0.1) is 0 Å². The Balaban J connectivity index is 1.58. The highest BCUT2D eigenvalue weighted by Crippen LogP contribution is 2.35. The zero-order valence-corrected chi connectivity index (χ0v) is 16.7. The first kappa shape index (κ1) is 18.8. The van der Waals surface area contributed by atoms with Crippen LogP contribution < -0.4 is 0 Å². The van der Waals surface area contributed by atoms with Gasteiger partial charge in [0, 0.05) is 16.3 Å². The van der Waals surface area contributed by atoms with Gasteiger partial charge < -0.3 is 4.42 Å². The quantitative estimate of drug-likeness (QED) is 0.308. The molecule has 1 heterocycles. The Morgan fingerprint density at radius 1 is 0.862 bits per heavy atom. The van der Waals surface area contributed by atoms with Crippen molar-refractivity contribution in [3.05, 3.63) is 115 Å². The van der Waals surface area contributed by atoms with Gasteiger partial charge in [-0.1, -0.05) is 104 Å². The molecule has 4 rings (SSSR count). The topological polar surface area (TPSA) is 13.1 Å². The van der Waals surface area contributed by atoms with E-state index in [1.165, 1.54) is 0 Å².